The Balaban J connectivity index is 0.000000249. The van der Waals surface area contributed by atoms with E-state index < -0.39 is 0 Å². The highest BCUT2D eigenvalue weighted by Crippen LogP contribution is 2.18. The number of rotatable bonds is 5. The number of hydrogen-bond donors (Lipinski definition) is 2. The molecule has 0 unspecified atom stereocenters. The number of aromatic nitrogens is 1. The third kappa shape index (κ3) is 11.8. The first-order chi connectivity index (χ1) is 6.91. The van der Waals surface area contributed by atoms with Gasteiger partial charge >= 0.3 is 0 Å². The highest BCUT2D eigenvalue weighted by molar-refractivity contribution is 8.76. The van der Waals surface area contributed by atoms with Gasteiger partial charge in [-0.1, -0.05) is 27.7 Å². The van der Waals surface area contributed by atoms with Crippen LogP contribution in [-0.4, -0.2) is 39.9 Å². The second kappa shape index (κ2) is 12.8. The standard InChI is InChI=1S/C5H5N.C4H10O2S2/c1-2-4-6-5-3-1;5-1-3-7-8-4-2-6/h1-5H;5-6H,1-4H2. The molecule has 3 nitrogen and oxygen atoms in total. The Morgan fingerprint density at radius 2 is 1.36 bits per heavy atom. The molecule has 0 radical (unpaired) electrons. The molecule has 5 heteroatoms. The maximum absolute atomic E-state index is 8.27. The molecule has 2 N–H and O–H groups in total. The predicted molar refractivity (Wildman–Crippen MR) is 63.3 cm³/mol. The molecule has 0 aliphatic heterocycles. The minimum absolute atomic E-state index is 0.225. The van der Waals surface area contributed by atoms with Crippen LogP contribution < -0.4 is 0 Å². The summed E-state index contributed by atoms with van der Waals surface area (Å²) >= 11 is 0. The van der Waals surface area contributed by atoms with Crippen molar-refractivity contribution in [3.63, 3.8) is 0 Å². The molecule has 0 saturated carbocycles. The molecular weight excluding hydrogens is 218 g/mol. The number of pyridine rings is 1. The fourth-order valence-corrected chi connectivity index (χ4v) is 2.04. The van der Waals surface area contributed by atoms with Crippen LogP contribution in [0, 0.1) is 0 Å². The minimum Gasteiger partial charge on any atom is -0.395 e. The molecule has 0 spiro atoms. The van der Waals surface area contributed by atoms with Crippen LogP contribution in [0.2, 0.25) is 0 Å². The van der Waals surface area contributed by atoms with Crippen molar-refractivity contribution in [3.05, 3.63) is 30.6 Å². The lowest BCUT2D eigenvalue weighted by Crippen LogP contribution is -1.85. The average molecular weight is 233 g/mol. The maximum Gasteiger partial charge on any atom is 0.0530 e. The summed E-state index contributed by atoms with van der Waals surface area (Å²) in [5.41, 5.74) is 0. The lowest BCUT2D eigenvalue weighted by atomic mass is 10.5. The van der Waals surface area contributed by atoms with E-state index in [-0.39, 0.29) is 13.2 Å². The molecule has 0 aromatic carbocycles. The highest BCUT2D eigenvalue weighted by Gasteiger charge is 1.85. The van der Waals surface area contributed by atoms with Crippen LogP contribution in [0.15, 0.2) is 30.6 Å². The summed E-state index contributed by atoms with van der Waals surface area (Å²) in [7, 11) is 3.17. The number of aliphatic hydroxyl groups is 2. The fraction of sp³-hybridized carbons (Fsp3) is 0.444. The summed E-state index contributed by atoms with van der Waals surface area (Å²) in [5.74, 6) is 1.51. The summed E-state index contributed by atoms with van der Waals surface area (Å²) in [5, 5.41) is 16.5. The molecule has 0 fully saturated rings. The maximum atomic E-state index is 8.27. The summed E-state index contributed by atoms with van der Waals surface area (Å²) < 4.78 is 0. The zero-order chi connectivity index (χ0) is 10.5. The van der Waals surface area contributed by atoms with E-state index >= 15 is 0 Å². The van der Waals surface area contributed by atoms with E-state index in [1.165, 1.54) is 0 Å². The van der Waals surface area contributed by atoms with Gasteiger partial charge in [0.15, 0.2) is 0 Å². The van der Waals surface area contributed by atoms with Crippen molar-refractivity contribution in [2.24, 2.45) is 0 Å². The largest absolute Gasteiger partial charge is 0.395 e. The summed E-state index contributed by atoms with van der Waals surface area (Å²) in [4.78, 5) is 3.78. The van der Waals surface area contributed by atoms with Gasteiger partial charge in [0.1, 0.15) is 0 Å². The van der Waals surface area contributed by atoms with Gasteiger partial charge < -0.3 is 10.2 Å². The Bertz CT molecular complexity index is 155. The molecule has 0 bridgehead atoms. The topological polar surface area (TPSA) is 53.4 Å². The third-order valence-corrected chi connectivity index (χ3v) is 3.36. The van der Waals surface area contributed by atoms with Crippen LogP contribution >= 0.6 is 21.6 Å². The van der Waals surface area contributed by atoms with Gasteiger partial charge in [-0.25, -0.2) is 0 Å². The Labute approximate surface area is 92.4 Å². The Morgan fingerprint density at radius 1 is 0.857 bits per heavy atom. The van der Waals surface area contributed by atoms with Gasteiger partial charge in [0.25, 0.3) is 0 Å². The Kier molecular flexibility index (Phi) is 12.6. The second-order valence-corrected chi connectivity index (χ2v) is 4.82. The van der Waals surface area contributed by atoms with E-state index in [1.807, 2.05) is 18.2 Å². The molecule has 0 aliphatic rings. The molecule has 1 aromatic heterocycles. The van der Waals surface area contributed by atoms with E-state index in [2.05, 4.69) is 4.98 Å². The zero-order valence-corrected chi connectivity index (χ0v) is 9.51. The van der Waals surface area contributed by atoms with Gasteiger partial charge in [-0.3, -0.25) is 4.98 Å². The number of nitrogens with zero attached hydrogens (tertiary/aromatic N) is 1. The van der Waals surface area contributed by atoms with Crippen molar-refractivity contribution in [2.75, 3.05) is 24.7 Å². The number of hydrogen-bond acceptors (Lipinski definition) is 5. The predicted octanol–water partition coefficient (Wildman–Crippen LogP) is 1.43. The van der Waals surface area contributed by atoms with Gasteiger partial charge in [0.05, 0.1) is 13.2 Å². The molecule has 1 rings (SSSR count). The van der Waals surface area contributed by atoms with E-state index in [9.17, 15) is 0 Å². The quantitative estimate of drug-likeness (QED) is 0.595. The fourth-order valence-electron chi connectivity index (χ4n) is 0.505. The average Bonchev–Trinajstić information content (AvgIpc) is 2.28. The first kappa shape index (κ1) is 13.8. The Hall–Kier alpha value is -0.230. The van der Waals surface area contributed by atoms with E-state index in [1.54, 1.807) is 34.0 Å². The monoisotopic (exact) mass is 233 g/mol. The van der Waals surface area contributed by atoms with Gasteiger partial charge in [0, 0.05) is 23.9 Å². The van der Waals surface area contributed by atoms with Crippen molar-refractivity contribution in [3.8, 4) is 0 Å². The summed E-state index contributed by atoms with van der Waals surface area (Å²) in [6.45, 7) is 0.451. The smallest absolute Gasteiger partial charge is 0.0530 e. The molecule has 1 aromatic rings. The van der Waals surface area contributed by atoms with Crippen molar-refractivity contribution in [1.29, 1.82) is 0 Å². The van der Waals surface area contributed by atoms with Gasteiger partial charge in [-0.2, -0.15) is 0 Å². The molecular formula is C9H15NO2S2. The zero-order valence-electron chi connectivity index (χ0n) is 7.87. The second-order valence-electron chi connectivity index (χ2n) is 2.12. The molecule has 0 aliphatic carbocycles. The SMILES string of the molecule is OCCSSCCO.c1ccncc1. The summed E-state index contributed by atoms with van der Waals surface area (Å²) in [6.07, 6.45) is 3.50. The molecule has 14 heavy (non-hydrogen) atoms. The van der Waals surface area contributed by atoms with E-state index in [0.29, 0.717) is 0 Å². The van der Waals surface area contributed by atoms with Crippen LogP contribution in [0.1, 0.15) is 0 Å². The highest BCUT2D eigenvalue weighted by atomic mass is 33.1. The van der Waals surface area contributed by atoms with Gasteiger partial charge in [0.2, 0.25) is 0 Å². The van der Waals surface area contributed by atoms with E-state index in [4.69, 9.17) is 10.2 Å². The van der Waals surface area contributed by atoms with Crippen molar-refractivity contribution >= 4 is 21.6 Å². The lowest BCUT2D eigenvalue weighted by molar-refractivity contribution is 0.322. The van der Waals surface area contributed by atoms with Crippen LogP contribution in [-0.2, 0) is 0 Å². The first-order valence-corrected chi connectivity index (χ1v) is 6.71. The van der Waals surface area contributed by atoms with Crippen LogP contribution in [0.5, 0.6) is 0 Å². The summed E-state index contributed by atoms with van der Waals surface area (Å²) in [6, 6.07) is 5.72. The minimum atomic E-state index is 0.225. The van der Waals surface area contributed by atoms with Crippen molar-refractivity contribution in [1.82, 2.24) is 4.98 Å². The van der Waals surface area contributed by atoms with Gasteiger partial charge in [-0.15, -0.1) is 0 Å². The lowest BCUT2D eigenvalue weighted by Gasteiger charge is -1.93. The Morgan fingerprint density at radius 3 is 1.57 bits per heavy atom. The molecule has 1 heterocycles. The van der Waals surface area contributed by atoms with E-state index in [0.717, 1.165) is 11.5 Å². The van der Waals surface area contributed by atoms with Gasteiger partial charge in [-0.05, 0) is 12.1 Å². The normalized spacial score (nSPS) is 9.00. The number of aliphatic hydroxyl groups excluding tert-OH is 2. The van der Waals surface area contributed by atoms with Crippen molar-refractivity contribution < 1.29 is 10.2 Å². The molecule has 0 amide bonds. The third-order valence-electron chi connectivity index (χ3n) is 0.999. The molecule has 0 atom stereocenters. The van der Waals surface area contributed by atoms with Crippen LogP contribution in [0.4, 0.5) is 0 Å². The van der Waals surface area contributed by atoms with Crippen LogP contribution in [0.3, 0.4) is 0 Å². The molecule has 0 saturated heterocycles. The van der Waals surface area contributed by atoms with Crippen LogP contribution in [0.25, 0.3) is 0 Å². The first-order valence-electron chi connectivity index (χ1n) is 4.23. The van der Waals surface area contributed by atoms with Crippen molar-refractivity contribution in [2.45, 2.75) is 0 Å². The molecule has 80 valence electrons.